The molecule has 1 saturated heterocycles. The van der Waals surface area contributed by atoms with Gasteiger partial charge >= 0.3 is 0 Å². The molecule has 1 unspecified atom stereocenters. The Labute approximate surface area is 174 Å². The van der Waals surface area contributed by atoms with Crippen molar-refractivity contribution in [3.05, 3.63) is 77.1 Å². The third-order valence-electron chi connectivity index (χ3n) is 4.77. The van der Waals surface area contributed by atoms with Crippen molar-refractivity contribution in [3.8, 4) is 5.75 Å². The van der Waals surface area contributed by atoms with Crippen molar-refractivity contribution < 1.29 is 22.3 Å². The van der Waals surface area contributed by atoms with E-state index in [1.54, 1.807) is 36.4 Å². The van der Waals surface area contributed by atoms with Gasteiger partial charge in [-0.05, 0) is 42.8 Å². The molecule has 1 heterocycles. The highest BCUT2D eigenvalue weighted by molar-refractivity contribution is 7.91. The highest BCUT2D eigenvalue weighted by Crippen LogP contribution is 2.27. The number of amides is 1. The van der Waals surface area contributed by atoms with Gasteiger partial charge in [0.1, 0.15) is 18.2 Å². The zero-order chi connectivity index (χ0) is 21.0. The molecule has 0 bridgehead atoms. The first kappa shape index (κ1) is 21.3. The van der Waals surface area contributed by atoms with Crippen molar-refractivity contribution in [1.82, 2.24) is 4.90 Å². The molecule has 0 aliphatic carbocycles. The Kier molecular flexibility index (Phi) is 6.59. The van der Waals surface area contributed by atoms with E-state index in [9.17, 15) is 17.6 Å². The van der Waals surface area contributed by atoms with Gasteiger partial charge in [-0.1, -0.05) is 30.3 Å². The molecular weight excluding hydrogens is 417 g/mol. The number of sulfone groups is 1. The zero-order valence-corrected chi connectivity index (χ0v) is 17.3. The smallest absolute Gasteiger partial charge is 0.254 e. The monoisotopic (exact) mass is 437 g/mol. The summed E-state index contributed by atoms with van der Waals surface area (Å²) >= 11 is 6.14. The van der Waals surface area contributed by atoms with Crippen molar-refractivity contribution in [2.75, 3.05) is 18.1 Å². The molecule has 5 nitrogen and oxygen atoms in total. The Balaban J connectivity index is 1.90. The van der Waals surface area contributed by atoms with E-state index < -0.39 is 21.7 Å². The third-order valence-corrected chi connectivity index (χ3v) is 6.87. The van der Waals surface area contributed by atoms with E-state index in [4.69, 9.17) is 16.3 Å². The average Bonchev–Trinajstić information content (AvgIpc) is 3.05. The van der Waals surface area contributed by atoms with E-state index in [1.165, 1.54) is 17.0 Å². The van der Waals surface area contributed by atoms with E-state index in [-0.39, 0.29) is 34.5 Å². The number of hydrogen-bond donors (Lipinski definition) is 0. The van der Waals surface area contributed by atoms with Crippen molar-refractivity contribution in [2.45, 2.75) is 19.0 Å². The summed E-state index contributed by atoms with van der Waals surface area (Å²) in [4.78, 5) is 14.6. The zero-order valence-electron chi connectivity index (χ0n) is 15.7. The van der Waals surface area contributed by atoms with Gasteiger partial charge in [0.2, 0.25) is 0 Å². The van der Waals surface area contributed by atoms with Crippen LogP contribution in [0.2, 0.25) is 5.02 Å². The van der Waals surface area contributed by atoms with Crippen LogP contribution in [0.1, 0.15) is 22.3 Å². The lowest BCUT2D eigenvalue weighted by Gasteiger charge is -2.29. The van der Waals surface area contributed by atoms with Gasteiger partial charge in [-0.2, -0.15) is 0 Å². The van der Waals surface area contributed by atoms with Gasteiger partial charge in [-0.15, -0.1) is 0 Å². The first-order valence-electron chi connectivity index (χ1n) is 9.09. The van der Waals surface area contributed by atoms with Crippen molar-refractivity contribution in [3.63, 3.8) is 0 Å². The maximum Gasteiger partial charge on any atom is 0.254 e. The van der Waals surface area contributed by atoms with Crippen LogP contribution in [0.5, 0.6) is 5.75 Å². The maximum absolute atomic E-state index is 14.3. The summed E-state index contributed by atoms with van der Waals surface area (Å²) in [5, 5.41) is 0.192. The molecule has 29 heavy (non-hydrogen) atoms. The fourth-order valence-electron chi connectivity index (χ4n) is 3.26. The van der Waals surface area contributed by atoms with Crippen molar-refractivity contribution >= 4 is 27.3 Å². The molecule has 1 aliphatic heterocycles. The van der Waals surface area contributed by atoms with Crippen LogP contribution in [0, 0.1) is 5.82 Å². The minimum Gasteiger partial charge on any atom is -0.490 e. The van der Waals surface area contributed by atoms with Gasteiger partial charge in [0.05, 0.1) is 18.1 Å². The summed E-state index contributed by atoms with van der Waals surface area (Å²) in [6.07, 6.45) is 1.92. The van der Waals surface area contributed by atoms with Crippen LogP contribution >= 0.6 is 11.6 Å². The molecule has 0 radical (unpaired) electrons. The minimum atomic E-state index is -3.24. The van der Waals surface area contributed by atoms with Crippen LogP contribution in [-0.4, -0.2) is 43.4 Å². The first-order valence-corrected chi connectivity index (χ1v) is 11.3. The third kappa shape index (κ3) is 5.16. The quantitative estimate of drug-likeness (QED) is 0.617. The first-order chi connectivity index (χ1) is 13.8. The van der Waals surface area contributed by atoms with Crippen molar-refractivity contribution in [1.29, 1.82) is 0 Å². The topological polar surface area (TPSA) is 63.7 Å². The predicted octanol–water partition coefficient (Wildman–Crippen LogP) is 3.87. The molecule has 1 aliphatic rings. The number of nitrogens with zero attached hydrogens (tertiary/aromatic N) is 1. The summed E-state index contributed by atoms with van der Waals surface area (Å²) in [6, 6.07) is 10.2. The van der Waals surface area contributed by atoms with Crippen molar-refractivity contribution in [2.24, 2.45) is 0 Å². The highest BCUT2D eigenvalue weighted by atomic mass is 35.5. The highest BCUT2D eigenvalue weighted by Gasteiger charge is 2.35. The lowest BCUT2D eigenvalue weighted by Crippen LogP contribution is -2.41. The summed E-state index contributed by atoms with van der Waals surface area (Å²) in [7, 11) is -3.24. The normalized spacial score (nSPS) is 17.7. The Morgan fingerprint density at radius 2 is 2.00 bits per heavy atom. The van der Waals surface area contributed by atoms with Gasteiger partial charge in [-0.3, -0.25) is 4.79 Å². The van der Waals surface area contributed by atoms with Crippen LogP contribution < -0.4 is 4.74 Å². The number of carbonyl (C=O) groups is 1. The van der Waals surface area contributed by atoms with Gasteiger partial charge in [0.25, 0.3) is 5.91 Å². The van der Waals surface area contributed by atoms with Gasteiger partial charge in [0, 0.05) is 22.2 Å². The van der Waals surface area contributed by atoms with Crippen LogP contribution in [0.15, 0.2) is 55.1 Å². The van der Waals surface area contributed by atoms with E-state index in [0.717, 1.165) is 0 Å². The lowest BCUT2D eigenvalue weighted by molar-refractivity contribution is 0.0679. The number of hydrogen-bond acceptors (Lipinski definition) is 4. The molecule has 3 rings (SSSR count). The van der Waals surface area contributed by atoms with Crippen LogP contribution in [-0.2, 0) is 16.4 Å². The molecule has 154 valence electrons. The standard InChI is InChI=1S/C21H21ClFNO4S/c1-2-11-28-17-8-6-15(7-9-17)21(25)24(16-10-12-29(26,27)14-16)13-18-19(22)4-3-5-20(18)23/h2-9,16H,1,10-14H2. The number of benzene rings is 2. The Hall–Kier alpha value is -2.38. The molecule has 0 spiro atoms. The summed E-state index contributed by atoms with van der Waals surface area (Å²) < 4.78 is 43.7. The Morgan fingerprint density at radius 3 is 2.59 bits per heavy atom. The second-order valence-corrected chi connectivity index (χ2v) is 9.45. The molecule has 0 saturated carbocycles. The number of rotatable bonds is 7. The molecule has 1 amide bonds. The molecule has 0 N–H and O–H groups in total. The minimum absolute atomic E-state index is 0.000776. The van der Waals surface area contributed by atoms with E-state index >= 15 is 0 Å². The van der Waals surface area contributed by atoms with E-state index in [0.29, 0.717) is 24.3 Å². The Bertz CT molecular complexity index is 988. The molecular formula is C21H21ClFNO4S. The second kappa shape index (κ2) is 8.97. The molecule has 1 fully saturated rings. The SMILES string of the molecule is C=CCOc1ccc(C(=O)N(Cc2c(F)cccc2Cl)C2CCS(=O)(=O)C2)cc1. The molecule has 1 atom stereocenters. The average molecular weight is 438 g/mol. The fraction of sp³-hybridized carbons (Fsp3) is 0.286. The molecule has 2 aromatic carbocycles. The maximum atomic E-state index is 14.3. The summed E-state index contributed by atoms with van der Waals surface area (Å²) in [6.45, 7) is 3.80. The van der Waals surface area contributed by atoms with Crippen LogP contribution in [0.25, 0.3) is 0 Å². The summed E-state index contributed by atoms with van der Waals surface area (Å²) in [5.41, 5.74) is 0.519. The number of carbonyl (C=O) groups excluding carboxylic acids is 1. The van der Waals surface area contributed by atoms with Gasteiger partial charge in [0.15, 0.2) is 9.84 Å². The number of halogens is 2. The van der Waals surface area contributed by atoms with E-state index in [1.807, 2.05) is 0 Å². The lowest BCUT2D eigenvalue weighted by atomic mass is 10.1. The van der Waals surface area contributed by atoms with Gasteiger partial charge < -0.3 is 9.64 Å². The predicted molar refractivity (Wildman–Crippen MR) is 110 cm³/mol. The number of ether oxygens (including phenoxy) is 1. The largest absolute Gasteiger partial charge is 0.490 e. The van der Waals surface area contributed by atoms with Crippen LogP contribution in [0.4, 0.5) is 4.39 Å². The molecule has 8 heteroatoms. The summed E-state index contributed by atoms with van der Waals surface area (Å²) in [5.74, 6) is -0.494. The Morgan fingerprint density at radius 1 is 1.28 bits per heavy atom. The second-order valence-electron chi connectivity index (χ2n) is 6.81. The van der Waals surface area contributed by atoms with E-state index in [2.05, 4.69) is 6.58 Å². The fourth-order valence-corrected chi connectivity index (χ4v) is 5.21. The van der Waals surface area contributed by atoms with Crippen LogP contribution in [0.3, 0.4) is 0 Å². The van der Waals surface area contributed by atoms with Gasteiger partial charge in [-0.25, -0.2) is 12.8 Å². The molecule has 0 aromatic heterocycles. The molecule has 2 aromatic rings.